The molecule has 2 rings (SSSR count). The van der Waals surface area contributed by atoms with Crippen LogP contribution in [0.4, 0.5) is 0 Å². The van der Waals surface area contributed by atoms with E-state index in [4.69, 9.17) is 5.73 Å². The summed E-state index contributed by atoms with van der Waals surface area (Å²) < 4.78 is 1.82. The number of imidazole rings is 1. The van der Waals surface area contributed by atoms with Crippen LogP contribution >= 0.6 is 0 Å². The summed E-state index contributed by atoms with van der Waals surface area (Å²) >= 11 is 0. The van der Waals surface area contributed by atoms with E-state index >= 15 is 0 Å². The van der Waals surface area contributed by atoms with E-state index in [1.807, 2.05) is 28.8 Å². The third kappa shape index (κ3) is 1.76. The van der Waals surface area contributed by atoms with E-state index in [0.29, 0.717) is 6.54 Å². The monoisotopic (exact) mass is 219 g/mol. The van der Waals surface area contributed by atoms with Crippen molar-refractivity contribution < 1.29 is 0 Å². The second kappa shape index (κ2) is 4.53. The SMILES string of the molecule is CCC(CCN)n1c(=O)[nH]c2ccccc21. The molecule has 1 aromatic heterocycles. The summed E-state index contributed by atoms with van der Waals surface area (Å²) in [7, 11) is 0. The number of rotatable bonds is 4. The Morgan fingerprint density at radius 2 is 2.19 bits per heavy atom. The third-order valence-corrected chi connectivity index (χ3v) is 2.96. The van der Waals surface area contributed by atoms with Crippen LogP contribution < -0.4 is 11.4 Å². The fourth-order valence-corrected chi connectivity index (χ4v) is 2.14. The zero-order valence-corrected chi connectivity index (χ0v) is 9.44. The molecule has 0 saturated carbocycles. The number of H-pyrrole nitrogens is 1. The van der Waals surface area contributed by atoms with Crippen molar-refractivity contribution in [2.24, 2.45) is 5.73 Å². The summed E-state index contributed by atoms with van der Waals surface area (Å²) in [4.78, 5) is 14.7. The molecule has 1 aromatic carbocycles. The number of aromatic amines is 1. The molecule has 1 unspecified atom stereocenters. The summed E-state index contributed by atoms with van der Waals surface area (Å²) in [5.41, 5.74) is 7.40. The van der Waals surface area contributed by atoms with Gasteiger partial charge in [0.05, 0.1) is 11.0 Å². The molecule has 4 nitrogen and oxygen atoms in total. The van der Waals surface area contributed by atoms with Gasteiger partial charge in [0.2, 0.25) is 0 Å². The van der Waals surface area contributed by atoms with E-state index in [1.54, 1.807) is 0 Å². The van der Waals surface area contributed by atoms with Crippen LogP contribution in [0, 0.1) is 0 Å². The molecule has 0 amide bonds. The summed E-state index contributed by atoms with van der Waals surface area (Å²) in [6, 6.07) is 7.94. The normalized spacial score (nSPS) is 13.1. The number of aromatic nitrogens is 2. The van der Waals surface area contributed by atoms with Crippen LogP contribution in [0.25, 0.3) is 11.0 Å². The number of nitrogens with zero attached hydrogens (tertiary/aromatic N) is 1. The molecule has 1 heterocycles. The van der Waals surface area contributed by atoms with Crippen molar-refractivity contribution in [3.63, 3.8) is 0 Å². The Morgan fingerprint density at radius 1 is 1.44 bits per heavy atom. The lowest BCUT2D eigenvalue weighted by molar-refractivity contribution is 0.458. The van der Waals surface area contributed by atoms with Crippen LogP contribution in [0.1, 0.15) is 25.8 Å². The second-order valence-electron chi connectivity index (χ2n) is 3.96. The highest BCUT2D eigenvalue weighted by Crippen LogP contribution is 2.19. The zero-order chi connectivity index (χ0) is 11.5. The standard InChI is InChI=1S/C12H17N3O/c1-2-9(7-8-13)15-11-6-4-3-5-10(11)14-12(15)16/h3-6,9H,2,7-8,13H2,1H3,(H,14,16). The Hall–Kier alpha value is -1.55. The average Bonchev–Trinajstić information content (AvgIpc) is 2.62. The van der Waals surface area contributed by atoms with E-state index in [0.717, 1.165) is 23.9 Å². The van der Waals surface area contributed by atoms with Gasteiger partial charge in [-0.1, -0.05) is 19.1 Å². The van der Waals surface area contributed by atoms with E-state index < -0.39 is 0 Å². The van der Waals surface area contributed by atoms with Gasteiger partial charge in [-0.05, 0) is 31.5 Å². The molecule has 0 aliphatic heterocycles. The number of hydrogen-bond acceptors (Lipinski definition) is 2. The van der Waals surface area contributed by atoms with Crippen LogP contribution in [0.3, 0.4) is 0 Å². The lowest BCUT2D eigenvalue weighted by atomic mass is 10.1. The third-order valence-electron chi connectivity index (χ3n) is 2.96. The zero-order valence-electron chi connectivity index (χ0n) is 9.44. The first-order chi connectivity index (χ1) is 7.77. The Balaban J connectivity index is 2.57. The molecule has 0 aliphatic rings. The molecule has 4 heteroatoms. The van der Waals surface area contributed by atoms with Crippen molar-refractivity contribution >= 4 is 11.0 Å². The fraction of sp³-hybridized carbons (Fsp3) is 0.417. The quantitative estimate of drug-likeness (QED) is 0.820. The molecule has 2 aromatic rings. The summed E-state index contributed by atoms with van der Waals surface area (Å²) in [6.07, 6.45) is 1.75. The topological polar surface area (TPSA) is 63.8 Å². The average molecular weight is 219 g/mol. The molecule has 0 saturated heterocycles. The van der Waals surface area contributed by atoms with Crippen molar-refractivity contribution in [1.29, 1.82) is 0 Å². The molecule has 16 heavy (non-hydrogen) atoms. The van der Waals surface area contributed by atoms with Gasteiger partial charge in [-0.2, -0.15) is 0 Å². The molecule has 0 aliphatic carbocycles. The van der Waals surface area contributed by atoms with Crippen LogP contribution in [0.15, 0.2) is 29.1 Å². The summed E-state index contributed by atoms with van der Waals surface area (Å²) in [6.45, 7) is 2.68. The number of benzene rings is 1. The Bertz CT molecular complexity index is 526. The predicted octanol–water partition coefficient (Wildman–Crippen LogP) is 1.63. The van der Waals surface area contributed by atoms with Crippen LogP contribution in [0.2, 0.25) is 0 Å². The van der Waals surface area contributed by atoms with Gasteiger partial charge in [-0.15, -0.1) is 0 Å². The number of para-hydroxylation sites is 2. The lowest BCUT2D eigenvalue weighted by Gasteiger charge is -2.15. The van der Waals surface area contributed by atoms with Gasteiger partial charge >= 0.3 is 5.69 Å². The molecule has 1 atom stereocenters. The maximum Gasteiger partial charge on any atom is 0.326 e. The minimum Gasteiger partial charge on any atom is -0.330 e. The van der Waals surface area contributed by atoms with Gasteiger partial charge in [0.1, 0.15) is 0 Å². The van der Waals surface area contributed by atoms with Crippen molar-refractivity contribution in [3.05, 3.63) is 34.7 Å². The number of nitrogens with two attached hydrogens (primary N) is 1. The Morgan fingerprint density at radius 3 is 2.88 bits per heavy atom. The highest BCUT2D eigenvalue weighted by Gasteiger charge is 2.14. The van der Waals surface area contributed by atoms with Gasteiger partial charge in [0.25, 0.3) is 0 Å². The smallest absolute Gasteiger partial charge is 0.326 e. The molecule has 86 valence electrons. The Labute approximate surface area is 94.1 Å². The van der Waals surface area contributed by atoms with E-state index in [1.165, 1.54) is 0 Å². The highest BCUT2D eigenvalue weighted by molar-refractivity contribution is 5.75. The molecule has 3 N–H and O–H groups in total. The number of hydrogen-bond donors (Lipinski definition) is 2. The fourth-order valence-electron chi connectivity index (χ4n) is 2.14. The van der Waals surface area contributed by atoms with Gasteiger partial charge in [0, 0.05) is 6.04 Å². The molecule has 0 bridgehead atoms. The van der Waals surface area contributed by atoms with Gasteiger partial charge < -0.3 is 10.7 Å². The van der Waals surface area contributed by atoms with Crippen molar-refractivity contribution in [2.45, 2.75) is 25.8 Å². The second-order valence-corrected chi connectivity index (χ2v) is 3.96. The first-order valence-corrected chi connectivity index (χ1v) is 5.67. The van der Waals surface area contributed by atoms with Crippen LogP contribution in [-0.4, -0.2) is 16.1 Å². The number of nitrogens with one attached hydrogen (secondary N) is 1. The highest BCUT2D eigenvalue weighted by atomic mass is 16.1. The van der Waals surface area contributed by atoms with Gasteiger partial charge in [0.15, 0.2) is 0 Å². The van der Waals surface area contributed by atoms with E-state index in [-0.39, 0.29) is 11.7 Å². The Kier molecular flexibility index (Phi) is 3.10. The van der Waals surface area contributed by atoms with Crippen LogP contribution in [0.5, 0.6) is 0 Å². The molecular weight excluding hydrogens is 202 g/mol. The minimum atomic E-state index is -0.0403. The molecular formula is C12H17N3O. The maximum absolute atomic E-state index is 11.9. The van der Waals surface area contributed by atoms with Crippen LogP contribution in [-0.2, 0) is 0 Å². The van der Waals surface area contributed by atoms with E-state index in [2.05, 4.69) is 11.9 Å². The van der Waals surface area contributed by atoms with Crippen molar-refractivity contribution in [2.75, 3.05) is 6.54 Å². The summed E-state index contributed by atoms with van der Waals surface area (Å²) in [5, 5.41) is 0. The minimum absolute atomic E-state index is 0.0403. The van der Waals surface area contributed by atoms with Gasteiger partial charge in [-0.3, -0.25) is 4.57 Å². The van der Waals surface area contributed by atoms with Crippen molar-refractivity contribution in [1.82, 2.24) is 9.55 Å². The van der Waals surface area contributed by atoms with Gasteiger partial charge in [-0.25, -0.2) is 4.79 Å². The summed E-state index contributed by atoms with van der Waals surface area (Å²) in [5.74, 6) is 0. The number of fused-ring (bicyclic) bond motifs is 1. The molecule has 0 radical (unpaired) electrons. The van der Waals surface area contributed by atoms with Crippen molar-refractivity contribution in [3.8, 4) is 0 Å². The predicted molar refractivity (Wildman–Crippen MR) is 65.6 cm³/mol. The largest absolute Gasteiger partial charge is 0.330 e. The first-order valence-electron chi connectivity index (χ1n) is 5.67. The maximum atomic E-state index is 11.9. The van der Waals surface area contributed by atoms with E-state index in [9.17, 15) is 4.79 Å². The molecule has 0 spiro atoms. The molecule has 0 fully saturated rings. The first kappa shape index (κ1) is 11.0. The lowest BCUT2D eigenvalue weighted by Crippen LogP contribution is -2.23.